The van der Waals surface area contributed by atoms with Crippen LogP contribution in [0.4, 0.5) is 5.69 Å². The number of hydrogen-bond acceptors (Lipinski definition) is 6. The number of nitrogens with zero attached hydrogens (tertiary/aromatic N) is 6. The molecule has 5 aromatic rings. The maximum absolute atomic E-state index is 6.06. The van der Waals surface area contributed by atoms with Gasteiger partial charge in [-0.25, -0.2) is 19.5 Å². The molecular weight excluding hydrogens is 448 g/mol. The van der Waals surface area contributed by atoms with Crippen molar-refractivity contribution in [3.8, 4) is 11.3 Å². The number of anilines is 1. The van der Waals surface area contributed by atoms with Gasteiger partial charge >= 0.3 is 0 Å². The Labute approximate surface area is 201 Å². The summed E-state index contributed by atoms with van der Waals surface area (Å²) in [6.45, 7) is 3.03. The fourth-order valence-electron chi connectivity index (χ4n) is 4.24. The van der Waals surface area contributed by atoms with E-state index in [4.69, 9.17) is 26.3 Å². The quantitative estimate of drug-likeness (QED) is 0.346. The van der Waals surface area contributed by atoms with Crippen molar-refractivity contribution in [3.63, 3.8) is 0 Å². The molecule has 0 atom stereocenters. The average Bonchev–Trinajstić information content (AvgIpc) is 3.27. The van der Waals surface area contributed by atoms with Crippen LogP contribution in [0.2, 0.25) is 5.15 Å². The van der Waals surface area contributed by atoms with Gasteiger partial charge in [-0.2, -0.15) is 5.10 Å². The number of rotatable bonds is 4. The third kappa shape index (κ3) is 3.89. The molecule has 1 aromatic carbocycles. The van der Waals surface area contributed by atoms with E-state index in [0.29, 0.717) is 18.4 Å². The lowest BCUT2D eigenvalue weighted by Gasteiger charge is -2.28. The van der Waals surface area contributed by atoms with Crippen molar-refractivity contribution in [3.05, 3.63) is 83.5 Å². The molecule has 5 heterocycles. The van der Waals surface area contributed by atoms with Gasteiger partial charge in [-0.05, 0) is 42.5 Å². The van der Waals surface area contributed by atoms with E-state index in [0.717, 1.165) is 58.0 Å². The molecule has 0 unspecified atom stereocenters. The number of para-hydroxylation sites is 1. The van der Waals surface area contributed by atoms with Crippen LogP contribution >= 0.6 is 11.6 Å². The van der Waals surface area contributed by atoms with E-state index in [1.165, 1.54) is 0 Å². The maximum Gasteiger partial charge on any atom is 0.178 e. The zero-order valence-electron chi connectivity index (χ0n) is 18.3. The number of morpholine rings is 1. The van der Waals surface area contributed by atoms with Crippen molar-refractivity contribution in [1.29, 1.82) is 0 Å². The Hall–Kier alpha value is -3.81. The van der Waals surface area contributed by atoms with Gasteiger partial charge in [-0.15, -0.1) is 0 Å². The Bertz CT molecular complexity index is 1510. The molecule has 0 radical (unpaired) electrons. The Balaban J connectivity index is 1.49. The van der Waals surface area contributed by atoms with Crippen LogP contribution < -0.4 is 4.90 Å². The SMILES string of the molecule is Clc1ccc(-c2c(/C=C/c3ccc4ccccc4n3)nc3c(N4CCOCC4)ccnn23)cn1. The predicted octanol–water partition coefficient (Wildman–Crippen LogP) is 5.00. The molecule has 0 aliphatic carbocycles. The fourth-order valence-corrected chi connectivity index (χ4v) is 4.36. The van der Waals surface area contributed by atoms with E-state index < -0.39 is 0 Å². The highest BCUT2D eigenvalue weighted by Gasteiger charge is 2.20. The highest BCUT2D eigenvalue weighted by molar-refractivity contribution is 6.29. The summed E-state index contributed by atoms with van der Waals surface area (Å²) in [7, 11) is 0. The molecule has 8 heteroatoms. The molecule has 0 spiro atoms. The van der Waals surface area contributed by atoms with E-state index in [1.807, 2.05) is 59.3 Å². The number of pyridine rings is 2. The van der Waals surface area contributed by atoms with Crippen molar-refractivity contribution in [1.82, 2.24) is 24.6 Å². The number of hydrogen-bond donors (Lipinski definition) is 0. The lowest BCUT2D eigenvalue weighted by Crippen LogP contribution is -2.36. The number of ether oxygens (including phenoxy) is 1. The summed E-state index contributed by atoms with van der Waals surface area (Å²) in [5.41, 5.74) is 6.16. The van der Waals surface area contributed by atoms with E-state index >= 15 is 0 Å². The summed E-state index contributed by atoms with van der Waals surface area (Å²) < 4.78 is 7.42. The van der Waals surface area contributed by atoms with Gasteiger partial charge in [0.1, 0.15) is 10.8 Å². The van der Waals surface area contributed by atoms with Crippen molar-refractivity contribution in [2.75, 3.05) is 31.2 Å². The van der Waals surface area contributed by atoms with Gasteiger partial charge in [0.15, 0.2) is 5.65 Å². The number of aromatic nitrogens is 5. The van der Waals surface area contributed by atoms with Crippen LogP contribution in [0.15, 0.2) is 67.0 Å². The third-order valence-corrected chi connectivity index (χ3v) is 6.13. The molecular formula is C26H21ClN6O. The van der Waals surface area contributed by atoms with E-state index in [2.05, 4.69) is 27.1 Å². The molecule has 0 N–H and O–H groups in total. The molecule has 6 rings (SSSR count). The van der Waals surface area contributed by atoms with Gasteiger partial charge in [-0.3, -0.25) is 0 Å². The second-order valence-corrected chi connectivity index (χ2v) is 8.42. The molecule has 1 aliphatic heterocycles. The van der Waals surface area contributed by atoms with Gasteiger partial charge < -0.3 is 9.64 Å². The monoisotopic (exact) mass is 468 g/mol. The number of halogens is 1. The van der Waals surface area contributed by atoms with Gasteiger partial charge in [0, 0.05) is 30.2 Å². The molecule has 0 saturated carbocycles. The Morgan fingerprint density at radius 1 is 0.912 bits per heavy atom. The number of benzene rings is 1. The van der Waals surface area contributed by atoms with Crippen LogP contribution in [0.25, 0.3) is 40.0 Å². The topological polar surface area (TPSA) is 68.4 Å². The number of fused-ring (bicyclic) bond motifs is 2. The lowest BCUT2D eigenvalue weighted by molar-refractivity contribution is 0.123. The molecule has 0 bridgehead atoms. The normalized spacial score (nSPS) is 14.4. The summed E-state index contributed by atoms with van der Waals surface area (Å²) in [4.78, 5) is 16.3. The van der Waals surface area contributed by atoms with E-state index in [-0.39, 0.29) is 0 Å². The minimum absolute atomic E-state index is 0.442. The van der Waals surface area contributed by atoms with Crippen LogP contribution in [0, 0.1) is 0 Å². The molecule has 168 valence electrons. The smallest absolute Gasteiger partial charge is 0.178 e. The van der Waals surface area contributed by atoms with Gasteiger partial charge in [-0.1, -0.05) is 35.9 Å². The Morgan fingerprint density at radius 2 is 1.79 bits per heavy atom. The van der Waals surface area contributed by atoms with Crippen molar-refractivity contribution in [2.24, 2.45) is 0 Å². The molecule has 0 amide bonds. The van der Waals surface area contributed by atoms with Crippen LogP contribution in [0.3, 0.4) is 0 Å². The second-order valence-electron chi connectivity index (χ2n) is 8.03. The first kappa shape index (κ1) is 20.8. The second kappa shape index (κ2) is 8.85. The van der Waals surface area contributed by atoms with Crippen molar-refractivity contribution in [2.45, 2.75) is 0 Å². The zero-order valence-corrected chi connectivity index (χ0v) is 19.1. The largest absolute Gasteiger partial charge is 0.378 e. The summed E-state index contributed by atoms with van der Waals surface area (Å²) in [5.74, 6) is 0. The van der Waals surface area contributed by atoms with Gasteiger partial charge in [0.25, 0.3) is 0 Å². The molecule has 1 fully saturated rings. The summed E-state index contributed by atoms with van der Waals surface area (Å²) in [6.07, 6.45) is 7.53. The minimum Gasteiger partial charge on any atom is -0.378 e. The van der Waals surface area contributed by atoms with E-state index in [1.54, 1.807) is 12.3 Å². The average molecular weight is 469 g/mol. The Morgan fingerprint density at radius 3 is 2.65 bits per heavy atom. The molecule has 7 nitrogen and oxygen atoms in total. The molecule has 1 aliphatic rings. The maximum atomic E-state index is 6.06. The Kier molecular flexibility index (Phi) is 5.41. The highest BCUT2D eigenvalue weighted by Crippen LogP contribution is 2.30. The summed E-state index contributed by atoms with van der Waals surface area (Å²) in [6, 6.07) is 17.9. The third-order valence-electron chi connectivity index (χ3n) is 5.91. The summed E-state index contributed by atoms with van der Waals surface area (Å²) >= 11 is 6.06. The summed E-state index contributed by atoms with van der Waals surface area (Å²) in [5, 5.41) is 6.19. The first-order chi connectivity index (χ1) is 16.8. The lowest BCUT2D eigenvalue weighted by atomic mass is 10.1. The van der Waals surface area contributed by atoms with Crippen LogP contribution in [0.5, 0.6) is 0 Å². The van der Waals surface area contributed by atoms with Crippen LogP contribution in [-0.2, 0) is 4.74 Å². The molecule has 1 saturated heterocycles. The fraction of sp³-hybridized carbons (Fsp3) is 0.154. The first-order valence-corrected chi connectivity index (χ1v) is 11.5. The van der Waals surface area contributed by atoms with E-state index in [9.17, 15) is 0 Å². The molecule has 4 aromatic heterocycles. The van der Waals surface area contributed by atoms with Crippen LogP contribution in [0.1, 0.15) is 11.4 Å². The predicted molar refractivity (Wildman–Crippen MR) is 135 cm³/mol. The highest BCUT2D eigenvalue weighted by atomic mass is 35.5. The van der Waals surface area contributed by atoms with Crippen molar-refractivity contribution >= 4 is 46.0 Å². The molecule has 34 heavy (non-hydrogen) atoms. The van der Waals surface area contributed by atoms with Crippen molar-refractivity contribution < 1.29 is 4.74 Å². The minimum atomic E-state index is 0.442. The van der Waals surface area contributed by atoms with Gasteiger partial charge in [0.2, 0.25) is 0 Å². The first-order valence-electron chi connectivity index (χ1n) is 11.1. The standard InChI is InChI=1S/C26H21ClN6O/c27-24-10-6-19(17-28-24)25-22(9-8-20-7-5-18-3-1-2-4-21(18)30-20)31-26-23(11-12-29-33(25)26)32-13-15-34-16-14-32/h1-12,17H,13-16H2/b9-8+. The van der Waals surface area contributed by atoms with Gasteiger partial charge in [0.05, 0.1) is 42.0 Å². The number of imidazole rings is 1. The van der Waals surface area contributed by atoms with Crippen LogP contribution in [-0.4, -0.2) is 50.9 Å². The zero-order chi connectivity index (χ0) is 22.9.